The number of aliphatic carboxylic acids is 1. The molecule has 7 nitrogen and oxygen atoms in total. The fourth-order valence-electron chi connectivity index (χ4n) is 4.85. The molecule has 2 aliphatic rings. The zero-order chi connectivity index (χ0) is 22.8. The number of rotatable bonds is 13. The normalized spacial score (nSPS) is 17.5. The first-order valence-electron chi connectivity index (χ1n) is 12.4. The number of unbranched alkanes of at least 4 members (excludes halogenated alkanes) is 4. The average Bonchev–Trinajstić information content (AvgIpc) is 2.77. The highest BCUT2D eigenvalue weighted by atomic mass is 35.5. The third-order valence-corrected chi connectivity index (χ3v) is 8.23. The van der Waals surface area contributed by atoms with Crippen LogP contribution in [0.1, 0.15) is 88.3 Å². The van der Waals surface area contributed by atoms with E-state index in [4.69, 9.17) is 4.98 Å². The standard InChI is InChI=1S/C24H39N3O4S.ClH/c28-24(29)22(27-32(30,31)18-19-10-5-4-6-11-19)14-8-3-1-2-7-13-21-16-15-20-12-9-17-25-23(20)26-21;/h15-16,19,22,27H,1-14,17-18H2,(H,25,26)(H,28,29);1H. The van der Waals surface area contributed by atoms with Crippen molar-refractivity contribution >= 4 is 34.2 Å². The maximum atomic E-state index is 12.4. The van der Waals surface area contributed by atoms with Crippen LogP contribution in [0.5, 0.6) is 0 Å². The Hall–Kier alpha value is -1.38. The zero-order valence-corrected chi connectivity index (χ0v) is 21.2. The molecule has 1 fully saturated rings. The van der Waals surface area contributed by atoms with Crippen molar-refractivity contribution in [2.24, 2.45) is 5.92 Å². The number of carboxylic acids is 1. The van der Waals surface area contributed by atoms with E-state index in [0.717, 1.165) is 82.3 Å². The van der Waals surface area contributed by atoms with E-state index >= 15 is 0 Å². The van der Waals surface area contributed by atoms with Gasteiger partial charge in [0.2, 0.25) is 10.0 Å². The summed E-state index contributed by atoms with van der Waals surface area (Å²) in [6.45, 7) is 0.998. The second-order valence-corrected chi connectivity index (χ2v) is 11.2. The van der Waals surface area contributed by atoms with E-state index in [-0.39, 0.29) is 24.1 Å². The largest absolute Gasteiger partial charge is 0.480 e. The van der Waals surface area contributed by atoms with Crippen molar-refractivity contribution in [3.8, 4) is 0 Å². The number of fused-ring (bicyclic) bond motifs is 1. The quantitative estimate of drug-likeness (QED) is 0.338. The van der Waals surface area contributed by atoms with Crippen LogP contribution < -0.4 is 10.0 Å². The first-order valence-corrected chi connectivity index (χ1v) is 14.0. The number of pyridine rings is 1. The summed E-state index contributed by atoms with van der Waals surface area (Å²) in [5.41, 5.74) is 2.43. The van der Waals surface area contributed by atoms with Crippen LogP contribution >= 0.6 is 12.4 Å². The van der Waals surface area contributed by atoms with Crippen molar-refractivity contribution in [1.29, 1.82) is 0 Å². The molecule has 3 rings (SSSR count). The molecule has 1 saturated carbocycles. The first kappa shape index (κ1) is 27.9. The molecule has 188 valence electrons. The molecule has 1 atom stereocenters. The van der Waals surface area contributed by atoms with Gasteiger partial charge in [0.1, 0.15) is 11.9 Å². The molecule has 1 unspecified atom stereocenters. The number of sulfonamides is 1. The molecule has 0 bridgehead atoms. The zero-order valence-electron chi connectivity index (χ0n) is 19.6. The van der Waals surface area contributed by atoms with E-state index in [1.54, 1.807) is 0 Å². The molecule has 0 amide bonds. The van der Waals surface area contributed by atoms with Crippen LogP contribution in [0.4, 0.5) is 5.82 Å². The van der Waals surface area contributed by atoms with Crippen molar-refractivity contribution in [3.63, 3.8) is 0 Å². The van der Waals surface area contributed by atoms with Crippen LogP contribution in [-0.4, -0.2) is 42.8 Å². The van der Waals surface area contributed by atoms with E-state index < -0.39 is 22.0 Å². The molecule has 33 heavy (non-hydrogen) atoms. The van der Waals surface area contributed by atoms with Crippen LogP contribution in [0.25, 0.3) is 0 Å². The van der Waals surface area contributed by atoms with Crippen LogP contribution in [0.2, 0.25) is 0 Å². The Morgan fingerprint density at radius 3 is 2.58 bits per heavy atom. The molecule has 0 radical (unpaired) electrons. The Kier molecular flexibility index (Phi) is 11.9. The molecule has 1 aromatic heterocycles. The average molecular weight is 502 g/mol. The number of anilines is 1. The van der Waals surface area contributed by atoms with Gasteiger partial charge in [-0.2, -0.15) is 0 Å². The molecule has 1 aliphatic carbocycles. The molecule has 0 spiro atoms. The van der Waals surface area contributed by atoms with Gasteiger partial charge in [-0.3, -0.25) is 4.79 Å². The predicted molar refractivity (Wildman–Crippen MR) is 135 cm³/mol. The van der Waals surface area contributed by atoms with E-state index in [1.165, 1.54) is 18.4 Å². The second kappa shape index (κ2) is 14.1. The molecular weight excluding hydrogens is 462 g/mol. The van der Waals surface area contributed by atoms with Gasteiger partial charge in [0, 0.05) is 12.2 Å². The van der Waals surface area contributed by atoms with Gasteiger partial charge in [0.15, 0.2) is 0 Å². The highest BCUT2D eigenvalue weighted by Crippen LogP contribution is 2.25. The lowest BCUT2D eigenvalue weighted by atomic mass is 9.91. The van der Waals surface area contributed by atoms with Crippen molar-refractivity contribution < 1.29 is 18.3 Å². The number of aryl methyl sites for hydroxylation is 2. The van der Waals surface area contributed by atoms with Gasteiger partial charge in [-0.15, -0.1) is 12.4 Å². The van der Waals surface area contributed by atoms with Gasteiger partial charge in [0.25, 0.3) is 0 Å². The highest BCUT2D eigenvalue weighted by molar-refractivity contribution is 7.89. The summed E-state index contributed by atoms with van der Waals surface area (Å²) in [7, 11) is -3.56. The lowest BCUT2D eigenvalue weighted by Crippen LogP contribution is -2.43. The number of carbonyl (C=O) groups is 1. The van der Waals surface area contributed by atoms with Crippen molar-refractivity contribution in [2.75, 3.05) is 17.6 Å². The Morgan fingerprint density at radius 2 is 1.82 bits per heavy atom. The van der Waals surface area contributed by atoms with Crippen molar-refractivity contribution in [3.05, 3.63) is 23.4 Å². The molecule has 2 heterocycles. The lowest BCUT2D eigenvalue weighted by molar-refractivity contribution is -0.139. The first-order chi connectivity index (χ1) is 15.4. The van der Waals surface area contributed by atoms with Crippen LogP contribution in [-0.2, 0) is 27.7 Å². The molecular formula is C24H40ClN3O4S. The summed E-state index contributed by atoms with van der Waals surface area (Å²) in [5, 5.41) is 12.8. The third-order valence-electron chi connectivity index (χ3n) is 6.68. The SMILES string of the molecule is Cl.O=C(O)C(CCCCCCCc1ccc2c(n1)NCCC2)NS(=O)(=O)CC1CCCCC1. The van der Waals surface area contributed by atoms with Gasteiger partial charge in [-0.25, -0.2) is 18.1 Å². The van der Waals surface area contributed by atoms with Gasteiger partial charge in [0.05, 0.1) is 5.75 Å². The molecule has 3 N–H and O–H groups in total. The van der Waals surface area contributed by atoms with Gasteiger partial charge in [-0.05, 0) is 62.5 Å². The van der Waals surface area contributed by atoms with E-state index in [2.05, 4.69) is 22.2 Å². The number of halogens is 1. The third kappa shape index (κ3) is 9.79. The van der Waals surface area contributed by atoms with Crippen molar-refractivity contribution in [1.82, 2.24) is 9.71 Å². The molecule has 0 aromatic carbocycles. The number of aromatic nitrogens is 1. The maximum absolute atomic E-state index is 12.4. The van der Waals surface area contributed by atoms with Gasteiger partial charge < -0.3 is 10.4 Å². The summed E-state index contributed by atoms with van der Waals surface area (Å²) >= 11 is 0. The fourth-order valence-corrected chi connectivity index (χ4v) is 6.56. The minimum atomic E-state index is -3.56. The summed E-state index contributed by atoms with van der Waals surface area (Å²) in [5.74, 6) is 0.183. The molecule has 1 aliphatic heterocycles. The van der Waals surface area contributed by atoms with E-state index in [0.29, 0.717) is 12.8 Å². The lowest BCUT2D eigenvalue weighted by Gasteiger charge is -2.22. The monoisotopic (exact) mass is 501 g/mol. The number of carboxylic acid groups (broad SMARTS) is 1. The molecule has 9 heteroatoms. The smallest absolute Gasteiger partial charge is 0.321 e. The van der Waals surface area contributed by atoms with Crippen molar-refractivity contribution in [2.45, 2.75) is 95.9 Å². The molecule has 1 aromatic rings. The maximum Gasteiger partial charge on any atom is 0.321 e. The number of nitrogens with zero attached hydrogens (tertiary/aromatic N) is 1. The minimum Gasteiger partial charge on any atom is -0.480 e. The summed E-state index contributed by atoms with van der Waals surface area (Å²) in [4.78, 5) is 16.3. The van der Waals surface area contributed by atoms with Crippen LogP contribution in [0, 0.1) is 5.92 Å². The summed E-state index contributed by atoms with van der Waals surface area (Å²) in [6, 6.07) is 3.30. The van der Waals surface area contributed by atoms with Gasteiger partial charge in [-0.1, -0.05) is 51.0 Å². The number of hydrogen-bond donors (Lipinski definition) is 3. The Labute approximate surface area is 205 Å². The molecule has 0 saturated heterocycles. The van der Waals surface area contributed by atoms with Gasteiger partial charge >= 0.3 is 5.97 Å². The Balaban J connectivity index is 0.00000385. The Bertz CT molecular complexity index is 844. The highest BCUT2D eigenvalue weighted by Gasteiger charge is 2.27. The summed E-state index contributed by atoms with van der Waals surface area (Å²) < 4.78 is 27.3. The Morgan fingerprint density at radius 1 is 1.09 bits per heavy atom. The van der Waals surface area contributed by atoms with Crippen LogP contribution in [0.3, 0.4) is 0 Å². The summed E-state index contributed by atoms with van der Waals surface area (Å²) in [6.07, 6.45) is 13.5. The number of nitrogens with one attached hydrogen (secondary N) is 2. The number of hydrogen-bond acceptors (Lipinski definition) is 5. The predicted octanol–water partition coefficient (Wildman–Crippen LogP) is 4.70. The van der Waals surface area contributed by atoms with Crippen LogP contribution in [0.15, 0.2) is 12.1 Å². The second-order valence-electron chi connectivity index (χ2n) is 9.44. The minimum absolute atomic E-state index is 0. The van der Waals surface area contributed by atoms with E-state index in [9.17, 15) is 18.3 Å². The topological polar surface area (TPSA) is 108 Å². The van der Waals surface area contributed by atoms with E-state index in [1.807, 2.05) is 0 Å². The fraction of sp³-hybridized carbons (Fsp3) is 0.750.